The van der Waals surface area contributed by atoms with Crippen LogP contribution < -0.4 is 5.32 Å². The zero-order chi connectivity index (χ0) is 14.7. The van der Waals surface area contributed by atoms with E-state index in [-0.39, 0.29) is 17.9 Å². The van der Waals surface area contributed by atoms with Gasteiger partial charge in [0.2, 0.25) is 0 Å². The molecule has 6 heteroatoms. The fourth-order valence-electron chi connectivity index (χ4n) is 1.96. The molecule has 0 aromatic carbocycles. The third-order valence-electron chi connectivity index (χ3n) is 3.05. The summed E-state index contributed by atoms with van der Waals surface area (Å²) in [5, 5.41) is 5.98. The maximum atomic E-state index is 12.3. The molecule has 0 aliphatic carbocycles. The molecule has 0 spiro atoms. The van der Waals surface area contributed by atoms with Gasteiger partial charge in [-0.2, -0.15) is 0 Å². The number of amides is 1. The van der Waals surface area contributed by atoms with Gasteiger partial charge in [-0.3, -0.25) is 4.79 Å². The summed E-state index contributed by atoms with van der Waals surface area (Å²) in [4.78, 5) is 16.6. The zero-order valence-electron chi connectivity index (χ0n) is 11.8. The van der Waals surface area contributed by atoms with E-state index in [1.807, 2.05) is 22.2 Å². The van der Waals surface area contributed by atoms with E-state index in [1.165, 1.54) is 0 Å². The average molecular weight is 356 g/mol. The highest BCUT2D eigenvalue weighted by atomic mass is 79.9. The van der Waals surface area contributed by atoms with Gasteiger partial charge >= 0.3 is 0 Å². The lowest BCUT2D eigenvalue weighted by atomic mass is 10.2. The molecule has 0 radical (unpaired) electrons. The van der Waals surface area contributed by atoms with Crippen molar-refractivity contribution in [2.24, 2.45) is 0 Å². The van der Waals surface area contributed by atoms with Crippen LogP contribution in [0.4, 0.5) is 0 Å². The maximum absolute atomic E-state index is 12.3. The molecule has 0 aliphatic rings. The van der Waals surface area contributed by atoms with Crippen LogP contribution in [-0.2, 0) is 0 Å². The Morgan fingerprint density at radius 1 is 1.50 bits per heavy atom. The van der Waals surface area contributed by atoms with E-state index in [0.29, 0.717) is 12.2 Å². The fraction of sp³-hybridized carbons (Fsp3) is 0.429. The van der Waals surface area contributed by atoms with Gasteiger partial charge in [0, 0.05) is 40.8 Å². The molecule has 1 atom stereocenters. The second kappa shape index (κ2) is 6.54. The van der Waals surface area contributed by atoms with Crippen LogP contribution in [0.1, 0.15) is 48.2 Å². The summed E-state index contributed by atoms with van der Waals surface area (Å²) in [6.45, 7) is 6.77. The van der Waals surface area contributed by atoms with Gasteiger partial charge in [0.05, 0.1) is 5.01 Å². The molecular formula is C14H18BrN3OS. The summed E-state index contributed by atoms with van der Waals surface area (Å²) in [6.07, 6.45) is 3.73. The van der Waals surface area contributed by atoms with Crippen molar-refractivity contribution in [3.63, 3.8) is 0 Å². The molecule has 0 saturated carbocycles. The predicted octanol–water partition coefficient (Wildman–Crippen LogP) is 3.82. The van der Waals surface area contributed by atoms with Crippen molar-refractivity contribution in [3.8, 4) is 0 Å². The highest BCUT2D eigenvalue weighted by molar-refractivity contribution is 9.10. The van der Waals surface area contributed by atoms with Gasteiger partial charge in [0.1, 0.15) is 5.69 Å². The first kappa shape index (κ1) is 15.3. The Labute approximate surface area is 131 Å². The second-order valence-electron chi connectivity index (χ2n) is 5.03. The minimum Gasteiger partial charge on any atom is -0.350 e. The molecule has 1 amide bonds. The van der Waals surface area contributed by atoms with Crippen LogP contribution >= 0.6 is 27.3 Å². The van der Waals surface area contributed by atoms with Crippen LogP contribution in [-0.4, -0.2) is 22.0 Å². The molecule has 2 aromatic heterocycles. The lowest BCUT2D eigenvalue weighted by Crippen LogP contribution is -2.29. The molecular weight excluding hydrogens is 338 g/mol. The average Bonchev–Trinajstić information content (AvgIpc) is 3.04. The highest BCUT2D eigenvalue weighted by Crippen LogP contribution is 2.20. The van der Waals surface area contributed by atoms with Gasteiger partial charge in [0.25, 0.3) is 5.91 Å². The van der Waals surface area contributed by atoms with Crippen molar-refractivity contribution >= 4 is 33.2 Å². The lowest BCUT2D eigenvalue weighted by Gasteiger charge is -2.14. The monoisotopic (exact) mass is 355 g/mol. The van der Waals surface area contributed by atoms with E-state index in [4.69, 9.17) is 0 Å². The van der Waals surface area contributed by atoms with E-state index in [1.54, 1.807) is 17.5 Å². The molecule has 2 aromatic rings. The lowest BCUT2D eigenvalue weighted by molar-refractivity contribution is 0.0941. The van der Waals surface area contributed by atoms with E-state index < -0.39 is 0 Å². The summed E-state index contributed by atoms with van der Waals surface area (Å²) in [5.74, 6) is 0.178. The number of thiazole rings is 1. The standard InChI is InChI=1S/C14H18BrN3OS/c1-9(2)18-8-11(15)6-12(18)13(19)17-7-10(3)14-16-4-5-20-14/h4-6,8-10H,7H2,1-3H3,(H,17,19). The molecule has 20 heavy (non-hydrogen) atoms. The van der Waals surface area contributed by atoms with Gasteiger partial charge in [-0.1, -0.05) is 6.92 Å². The van der Waals surface area contributed by atoms with Crippen LogP contribution in [0, 0.1) is 0 Å². The Morgan fingerprint density at radius 2 is 2.25 bits per heavy atom. The molecule has 1 unspecified atom stereocenters. The number of carbonyl (C=O) groups excluding carboxylic acids is 1. The number of carbonyl (C=O) groups is 1. The number of nitrogens with zero attached hydrogens (tertiary/aromatic N) is 2. The van der Waals surface area contributed by atoms with E-state index in [2.05, 4.69) is 47.0 Å². The topological polar surface area (TPSA) is 46.9 Å². The molecule has 0 saturated heterocycles. The van der Waals surface area contributed by atoms with Gasteiger partial charge in [-0.05, 0) is 35.8 Å². The van der Waals surface area contributed by atoms with E-state index >= 15 is 0 Å². The van der Waals surface area contributed by atoms with Gasteiger partial charge < -0.3 is 9.88 Å². The Hall–Kier alpha value is -1.14. The predicted molar refractivity (Wildman–Crippen MR) is 85.4 cm³/mol. The molecule has 2 rings (SSSR count). The quantitative estimate of drug-likeness (QED) is 0.885. The summed E-state index contributed by atoms with van der Waals surface area (Å²) < 4.78 is 2.89. The number of hydrogen-bond donors (Lipinski definition) is 1. The molecule has 0 bridgehead atoms. The van der Waals surface area contributed by atoms with Crippen molar-refractivity contribution in [1.82, 2.24) is 14.9 Å². The zero-order valence-corrected chi connectivity index (χ0v) is 14.2. The Kier molecular flexibility index (Phi) is 4.99. The SMILES string of the molecule is CC(CNC(=O)c1cc(Br)cn1C(C)C)c1nccs1. The number of halogens is 1. The molecule has 1 N–H and O–H groups in total. The molecule has 0 aliphatic heterocycles. The highest BCUT2D eigenvalue weighted by Gasteiger charge is 2.16. The molecule has 2 heterocycles. The first-order chi connectivity index (χ1) is 9.49. The Morgan fingerprint density at radius 3 is 2.85 bits per heavy atom. The van der Waals surface area contributed by atoms with Crippen molar-refractivity contribution in [2.45, 2.75) is 32.7 Å². The van der Waals surface area contributed by atoms with Crippen molar-refractivity contribution < 1.29 is 4.79 Å². The number of aromatic nitrogens is 2. The van der Waals surface area contributed by atoms with Crippen LogP contribution in [0.15, 0.2) is 28.3 Å². The van der Waals surface area contributed by atoms with Crippen molar-refractivity contribution in [1.29, 1.82) is 0 Å². The maximum Gasteiger partial charge on any atom is 0.267 e. The first-order valence-corrected chi connectivity index (χ1v) is 8.21. The smallest absolute Gasteiger partial charge is 0.267 e. The molecule has 4 nitrogen and oxygen atoms in total. The molecule has 0 fully saturated rings. The minimum atomic E-state index is -0.0483. The Balaban J connectivity index is 2.02. The van der Waals surface area contributed by atoms with Gasteiger partial charge in [0.15, 0.2) is 0 Å². The first-order valence-electron chi connectivity index (χ1n) is 6.54. The summed E-state index contributed by atoms with van der Waals surface area (Å²) in [5.41, 5.74) is 0.679. The second-order valence-corrected chi connectivity index (χ2v) is 6.87. The third-order valence-corrected chi connectivity index (χ3v) is 4.49. The number of hydrogen-bond acceptors (Lipinski definition) is 3. The van der Waals surface area contributed by atoms with Crippen LogP contribution in [0.25, 0.3) is 0 Å². The number of nitrogens with one attached hydrogen (secondary N) is 1. The normalized spacial score (nSPS) is 12.7. The van der Waals surface area contributed by atoms with Crippen LogP contribution in [0.5, 0.6) is 0 Å². The van der Waals surface area contributed by atoms with E-state index in [9.17, 15) is 4.79 Å². The van der Waals surface area contributed by atoms with Crippen molar-refractivity contribution in [2.75, 3.05) is 6.54 Å². The van der Waals surface area contributed by atoms with Crippen LogP contribution in [0.2, 0.25) is 0 Å². The summed E-state index contributed by atoms with van der Waals surface area (Å²) in [6, 6.07) is 2.10. The fourth-order valence-corrected chi connectivity index (χ4v) is 3.09. The van der Waals surface area contributed by atoms with Crippen LogP contribution in [0.3, 0.4) is 0 Å². The molecule has 108 valence electrons. The number of rotatable bonds is 5. The summed E-state index contributed by atoms with van der Waals surface area (Å²) in [7, 11) is 0. The minimum absolute atomic E-state index is 0.0483. The van der Waals surface area contributed by atoms with Gasteiger partial charge in [-0.15, -0.1) is 11.3 Å². The third kappa shape index (κ3) is 3.49. The largest absolute Gasteiger partial charge is 0.350 e. The summed E-state index contributed by atoms with van der Waals surface area (Å²) >= 11 is 5.04. The van der Waals surface area contributed by atoms with Crippen molar-refractivity contribution in [3.05, 3.63) is 39.0 Å². The van der Waals surface area contributed by atoms with Gasteiger partial charge in [-0.25, -0.2) is 4.98 Å². The Bertz CT molecular complexity index is 577. The van der Waals surface area contributed by atoms with E-state index in [0.717, 1.165) is 9.48 Å².